The fraction of sp³-hybridized carbons (Fsp3) is 0.800. The summed E-state index contributed by atoms with van der Waals surface area (Å²) in [5, 5.41) is 38.0. The van der Waals surface area contributed by atoms with Crippen molar-refractivity contribution in [3.8, 4) is 0 Å². The van der Waals surface area contributed by atoms with Crippen molar-refractivity contribution in [2.75, 3.05) is 0 Å². The molecule has 0 aromatic carbocycles. The van der Waals surface area contributed by atoms with Crippen molar-refractivity contribution in [2.24, 2.45) is 0 Å². The van der Waals surface area contributed by atoms with Crippen LogP contribution in [0.3, 0.4) is 0 Å². The third kappa shape index (κ3) is 5.64. The van der Waals surface area contributed by atoms with Crippen LogP contribution in [0, 0.1) is 0 Å². The molecule has 0 aliphatic carbocycles. The number of amides is 3. The van der Waals surface area contributed by atoms with E-state index in [0.29, 0.717) is 0 Å². The van der Waals surface area contributed by atoms with E-state index in [-0.39, 0.29) is 12.3 Å². The number of carbonyl (C=O) groups is 4. The molecule has 4 saturated heterocycles. The molecule has 34 heavy (non-hydrogen) atoms. The Kier molecular flexibility index (Phi) is 8.10. The van der Waals surface area contributed by atoms with E-state index in [1.807, 2.05) is 0 Å². The average molecular weight is 489 g/mol. The van der Waals surface area contributed by atoms with Crippen molar-refractivity contribution < 1.29 is 53.4 Å². The molecule has 6 N–H and O–H groups in total. The number of nitrogens with one attached hydrogen (secondary N) is 3. The molecule has 0 radical (unpaired) electrons. The van der Waals surface area contributed by atoms with Gasteiger partial charge in [-0.1, -0.05) is 0 Å². The summed E-state index contributed by atoms with van der Waals surface area (Å²) in [6, 6.07) is -3.18. The molecule has 0 saturated carbocycles. The molecule has 3 amide bonds. The third-order valence-corrected chi connectivity index (χ3v) is 5.90. The van der Waals surface area contributed by atoms with Crippen LogP contribution in [0.25, 0.3) is 0 Å². The molecule has 4 rings (SSSR count). The number of fused-ring (bicyclic) bond motifs is 6. The Morgan fingerprint density at radius 2 is 1.62 bits per heavy atom. The van der Waals surface area contributed by atoms with Crippen LogP contribution in [0.1, 0.15) is 34.1 Å². The standard InChI is InChI=1S/C20H31N3O11/c1-6-5-10(26)23-11-7(2)32-20(31-6)13(22-9(4)25)16(11)33-19-12(21-8(3)24)14(27)15(28)17(34-19)18(29)30/h6-7,11-17,19-20,27-28H,5H2,1-4H3,(H,21,24)(H,22,25)(H,23,26)(H,29,30). The largest absolute Gasteiger partial charge is 0.479 e. The van der Waals surface area contributed by atoms with Crippen LogP contribution < -0.4 is 16.0 Å². The maximum Gasteiger partial charge on any atom is 0.335 e. The molecule has 4 fully saturated rings. The SMILES string of the molecule is CC(=O)NC1C(OC2C3NC(=O)CC(C)OC(OC3C)C2NC(C)=O)OC(C(=O)O)C(O)C1O. The van der Waals surface area contributed by atoms with E-state index in [9.17, 15) is 34.5 Å². The van der Waals surface area contributed by atoms with E-state index in [1.165, 1.54) is 6.92 Å². The summed E-state index contributed by atoms with van der Waals surface area (Å²) in [6.07, 6.45) is -10.4. The first-order chi connectivity index (χ1) is 15.9. The topological polar surface area (TPSA) is 202 Å². The van der Waals surface area contributed by atoms with E-state index in [2.05, 4.69) is 16.0 Å². The smallest absolute Gasteiger partial charge is 0.335 e. The number of hydrogen-bond acceptors (Lipinski definition) is 10. The van der Waals surface area contributed by atoms with Gasteiger partial charge in [0.15, 0.2) is 18.7 Å². The lowest BCUT2D eigenvalue weighted by molar-refractivity contribution is -0.308. The summed E-state index contributed by atoms with van der Waals surface area (Å²) < 4.78 is 23.3. The number of ether oxygens (including phenoxy) is 4. The number of carbonyl (C=O) groups excluding carboxylic acids is 3. The minimum atomic E-state index is -1.86. The normalized spacial score (nSPS) is 42.5. The molecule has 4 heterocycles. The second-order valence-corrected chi connectivity index (χ2v) is 8.75. The fourth-order valence-corrected chi connectivity index (χ4v) is 4.41. The zero-order chi connectivity index (χ0) is 25.3. The molecule has 2 bridgehead atoms. The van der Waals surface area contributed by atoms with Gasteiger partial charge in [-0.25, -0.2) is 4.79 Å². The lowest BCUT2D eigenvalue weighted by atomic mass is 9.93. The molecule has 192 valence electrons. The molecule has 0 aromatic heterocycles. The van der Waals surface area contributed by atoms with Gasteiger partial charge in [-0.05, 0) is 13.8 Å². The van der Waals surface area contributed by atoms with E-state index in [0.717, 1.165) is 6.92 Å². The van der Waals surface area contributed by atoms with Gasteiger partial charge in [-0.15, -0.1) is 0 Å². The lowest BCUT2D eigenvalue weighted by Crippen LogP contribution is -2.71. The lowest BCUT2D eigenvalue weighted by Gasteiger charge is -2.48. The second-order valence-electron chi connectivity index (χ2n) is 8.75. The number of hydrogen-bond donors (Lipinski definition) is 6. The van der Waals surface area contributed by atoms with Gasteiger partial charge in [0.1, 0.15) is 30.4 Å². The Bertz CT molecular complexity index is 811. The van der Waals surface area contributed by atoms with E-state index >= 15 is 0 Å². The van der Waals surface area contributed by atoms with Gasteiger partial charge >= 0.3 is 5.97 Å². The molecule has 11 unspecified atom stereocenters. The van der Waals surface area contributed by atoms with Crippen molar-refractivity contribution in [3.05, 3.63) is 0 Å². The van der Waals surface area contributed by atoms with Crippen LogP contribution >= 0.6 is 0 Å². The first-order valence-corrected chi connectivity index (χ1v) is 10.9. The molecule has 11 atom stereocenters. The number of carboxylic acid groups (broad SMARTS) is 1. The van der Waals surface area contributed by atoms with Crippen LogP contribution in [-0.4, -0.2) is 106 Å². The third-order valence-electron chi connectivity index (χ3n) is 5.90. The summed E-state index contributed by atoms with van der Waals surface area (Å²) in [5.41, 5.74) is 0. The van der Waals surface area contributed by atoms with Crippen molar-refractivity contribution >= 4 is 23.7 Å². The van der Waals surface area contributed by atoms with Gasteiger partial charge in [0, 0.05) is 13.8 Å². The number of aliphatic hydroxyl groups excluding tert-OH is 2. The monoisotopic (exact) mass is 489 g/mol. The summed E-state index contributed by atoms with van der Waals surface area (Å²) in [7, 11) is 0. The summed E-state index contributed by atoms with van der Waals surface area (Å²) in [5.74, 6) is -2.98. The summed E-state index contributed by atoms with van der Waals surface area (Å²) >= 11 is 0. The van der Waals surface area contributed by atoms with Crippen molar-refractivity contribution in [3.63, 3.8) is 0 Å². The zero-order valence-corrected chi connectivity index (χ0v) is 19.2. The second kappa shape index (κ2) is 10.5. The first-order valence-electron chi connectivity index (χ1n) is 10.9. The van der Waals surface area contributed by atoms with Crippen LogP contribution in [-0.2, 0) is 38.1 Å². The fourth-order valence-electron chi connectivity index (χ4n) is 4.41. The zero-order valence-electron chi connectivity index (χ0n) is 19.2. The number of carboxylic acids is 1. The number of rotatable bonds is 5. The summed E-state index contributed by atoms with van der Waals surface area (Å²) in [6.45, 7) is 5.75. The average Bonchev–Trinajstić information content (AvgIpc) is 2.79. The van der Waals surface area contributed by atoms with Gasteiger partial charge in [-0.3, -0.25) is 14.4 Å². The molecular formula is C20H31N3O11. The Morgan fingerprint density at radius 1 is 1.00 bits per heavy atom. The highest BCUT2D eigenvalue weighted by molar-refractivity contribution is 5.77. The Labute approximate surface area is 195 Å². The predicted octanol–water partition coefficient (Wildman–Crippen LogP) is -3.05. The molecule has 4 aliphatic heterocycles. The predicted molar refractivity (Wildman–Crippen MR) is 110 cm³/mol. The van der Waals surface area contributed by atoms with Gasteiger partial charge in [-0.2, -0.15) is 0 Å². The minimum absolute atomic E-state index is 0.0169. The van der Waals surface area contributed by atoms with Crippen molar-refractivity contribution in [1.29, 1.82) is 0 Å². The number of aliphatic hydroxyl groups is 2. The van der Waals surface area contributed by atoms with Gasteiger partial charge in [0.25, 0.3) is 0 Å². The minimum Gasteiger partial charge on any atom is -0.479 e. The van der Waals surface area contributed by atoms with E-state index < -0.39 is 85.1 Å². The van der Waals surface area contributed by atoms with E-state index in [4.69, 9.17) is 18.9 Å². The summed E-state index contributed by atoms with van der Waals surface area (Å²) in [4.78, 5) is 47.8. The van der Waals surface area contributed by atoms with Crippen LogP contribution in [0.4, 0.5) is 0 Å². The van der Waals surface area contributed by atoms with Crippen LogP contribution in [0.5, 0.6) is 0 Å². The molecule has 14 nitrogen and oxygen atoms in total. The quantitative estimate of drug-likeness (QED) is 0.229. The molecule has 0 aromatic rings. The molecule has 0 spiro atoms. The maximum atomic E-state index is 12.5. The Morgan fingerprint density at radius 3 is 2.21 bits per heavy atom. The molecular weight excluding hydrogens is 458 g/mol. The highest BCUT2D eigenvalue weighted by Gasteiger charge is 2.54. The molecule has 4 aliphatic rings. The van der Waals surface area contributed by atoms with Crippen molar-refractivity contribution in [2.45, 2.75) is 101 Å². The number of aliphatic carboxylic acids is 1. The van der Waals surface area contributed by atoms with Crippen LogP contribution in [0.15, 0.2) is 0 Å². The Balaban J connectivity index is 1.99. The first kappa shape index (κ1) is 26.2. The van der Waals surface area contributed by atoms with Crippen LogP contribution in [0.2, 0.25) is 0 Å². The van der Waals surface area contributed by atoms with Gasteiger partial charge < -0.3 is 50.2 Å². The van der Waals surface area contributed by atoms with Gasteiger partial charge in [0.05, 0.1) is 24.7 Å². The maximum absolute atomic E-state index is 12.5. The van der Waals surface area contributed by atoms with Crippen molar-refractivity contribution in [1.82, 2.24) is 16.0 Å². The highest BCUT2D eigenvalue weighted by atomic mass is 16.7. The van der Waals surface area contributed by atoms with E-state index in [1.54, 1.807) is 13.8 Å². The van der Waals surface area contributed by atoms with Gasteiger partial charge in [0.2, 0.25) is 17.7 Å². The molecule has 14 heteroatoms. The highest BCUT2D eigenvalue weighted by Crippen LogP contribution is 2.31. The Hall–Kier alpha value is -2.36.